The number of rotatable bonds is 3. The molecule has 3 rings (SSSR count). The number of likely N-dealkylation sites (N-methyl/N-ethyl adjacent to an activating group) is 1. The van der Waals surface area contributed by atoms with Gasteiger partial charge in [-0.05, 0) is 50.2 Å². The predicted molar refractivity (Wildman–Crippen MR) is 96.4 cm³/mol. The fourth-order valence-corrected chi connectivity index (χ4v) is 4.67. The van der Waals surface area contributed by atoms with E-state index in [9.17, 15) is 12.8 Å². The van der Waals surface area contributed by atoms with Crippen molar-refractivity contribution in [2.24, 2.45) is 0 Å². The molecule has 0 aliphatic carbocycles. The summed E-state index contributed by atoms with van der Waals surface area (Å²) in [5.74, 6) is -0.394. The fraction of sp³-hybridized carbons (Fsp3) is 0.368. The number of piperazine rings is 1. The minimum Gasteiger partial charge on any atom is -0.297 e. The van der Waals surface area contributed by atoms with Gasteiger partial charge in [0.1, 0.15) is 5.82 Å². The van der Waals surface area contributed by atoms with Crippen molar-refractivity contribution in [3.8, 4) is 0 Å². The van der Waals surface area contributed by atoms with E-state index in [2.05, 4.69) is 17.0 Å². The number of nitrogens with zero attached hydrogens (tertiary/aromatic N) is 2. The molecule has 134 valence electrons. The minimum atomic E-state index is -3.63. The van der Waals surface area contributed by atoms with E-state index in [0.29, 0.717) is 25.2 Å². The molecule has 1 aliphatic rings. The van der Waals surface area contributed by atoms with Gasteiger partial charge in [0.05, 0.1) is 4.90 Å². The minimum absolute atomic E-state index is 0.00525. The third-order valence-corrected chi connectivity index (χ3v) is 6.70. The number of benzene rings is 2. The smallest absolute Gasteiger partial charge is 0.243 e. The van der Waals surface area contributed by atoms with E-state index in [0.717, 1.165) is 5.56 Å². The van der Waals surface area contributed by atoms with Crippen LogP contribution in [0.4, 0.5) is 4.39 Å². The Morgan fingerprint density at radius 2 is 1.72 bits per heavy atom. The Morgan fingerprint density at radius 3 is 2.36 bits per heavy atom. The van der Waals surface area contributed by atoms with Gasteiger partial charge in [-0.15, -0.1) is 0 Å². The van der Waals surface area contributed by atoms with Crippen LogP contribution < -0.4 is 0 Å². The zero-order valence-corrected chi connectivity index (χ0v) is 15.6. The lowest BCUT2D eigenvalue weighted by molar-refractivity contribution is 0.148. The molecule has 2 aromatic rings. The van der Waals surface area contributed by atoms with E-state index in [4.69, 9.17) is 0 Å². The van der Waals surface area contributed by atoms with Crippen molar-refractivity contribution >= 4 is 10.0 Å². The summed E-state index contributed by atoms with van der Waals surface area (Å²) in [5, 5.41) is 0. The second-order valence-electron chi connectivity index (χ2n) is 6.68. The van der Waals surface area contributed by atoms with Crippen LogP contribution in [0.5, 0.6) is 0 Å². The molecule has 1 aliphatic heterocycles. The fourth-order valence-electron chi connectivity index (χ4n) is 3.14. The summed E-state index contributed by atoms with van der Waals surface area (Å²) in [6.45, 7) is 5.07. The first-order valence-electron chi connectivity index (χ1n) is 8.32. The standard InChI is InChI=1S/C19H23FN2O2S/c1-14-4-6-16(7-5-14)19-13-22(11-10-21(19)3)25(23,24)17-8-9-18(20)15(2)12-17/h4-9,12,19H,10-11,13H2,1-3H3/t19-/m0/s1. The second kappa shape index (κ2) is 6.86. The lowest BCUT2D eigenvalue weighted by atomic mass is 10.0. The van der Waals surface area contributed by atoms with Crippen molar-refractivity contribution in [2.75, 3.05) is 26.7 Å². The van der Waals surface area contributed by atoms with Crippen molar-refractivity contribution < 1.29 is 12.8 Å². The maximum absolute atomic E-state index is 13.5. The molecule has 0 N–H and O–H groups in total. The van der Waals surface area contributed by atoms with Crippen LogP contribution in [-0.4, -0.2) is 44.3 Å². The number of hydrogen-bond acceptors (Lipinski definition) is 3. The lowest BCUT2D eigenvalue weighted by Gasteiger charge is -2.39. The molecular formula is C19H23FN2O2S. The highest BCUT2D eigenvalue weighted by Gasteiger charge is 2.33. The molecule has 6 heteroatoms. The summed E-state index contributed by atoms with van der Waals surface area (Å²) in [6.07, 6.45) is 0. The first kappa shape index (κ1) is 18.0. The highest BCUT2D eigenvalue weighted by molar-refractivity contribution is 7.89. The van der Waals surface area contributed by atoms with E-state index in [-0.39, 0.29) is 10.9 Å². The lowest BCUT2D eigenvalue weighted by Crippen LogP contribution is -2.48. The molecule has 0 aromatic heterocycles. The van der Waals surface area contributed by atoms with E-state index in [1.54, 1.807) is 6.92 Å². The Bertz CT molecular complexity index is 865. The molecule has 1 heterocycles. The number of halogens is 1. The van der Waals surface area contributed by atoms with Gasteiger partial charge in [0.25, 0.3) is 0 Å². The third-order valence-electron chi connectivity index (χ3n) is 4.84. The molecule has 4 nitrogen and oxygen atoms in total. The van der Waals surface area contributed by atoms with Gasteiger partial charge in [0, 0.05) is 25.7 Å². The molecule has 0 spiro atoms. The first-order chi connectivity index (χ1) is 11.8. The summed E-state index contributed by atoms with van der Waals surface area (Å²) < 4.78 is 40.9. The zero-order valence-electron chi connectivity index (χ0n) is 14.7. The van der Waals surface area contributed by atoms with Crippen LogP contribution in [-0.2, 0) is 10.0 Å². The van der Waals surface area contributed by atoms with Crippen molar-refractivity contribution in [1.82, 2.24) is 9.21 Å². The normalized spacial score (nSPS) is 19.9. The molecule has 0 amide bonds. The van der Waals surface area contributed by atoms with E-state index in [1.165, 1.54) is 28.1 Å². The Kier molecular flexibility index (Phi) is 4.95. The molecule has 1 fully saturated rings. The molecule has 0 bridgehead atoms. The van der Waals surface area contributed by atoms with Gasteiger partial charge < -0.3 is 0 Å². The molecular weight excluding hydrogens is 339 g/mol. The number of hydrogen-bond donors (Lipinski definition) is 0. The third kappa shape index (κ3) is 3.61. The quantitative estimate of drug-likeness (QED) is 0.842. The van der Waals surface area contributed by atoms with Crippen molar-refractivity contribution in [3.05, 3.63) is 65.0 Å². The van der Waals surface area contributed by atoms with Crippen LogP contribution in [0.2, 0.25) is 0 Å². The topological polar surface area (TPSA) is 40.6 Å². The molecule has 0 unspecified atom stereocenters. The predicted octanol–water partition coefficient (Wildman–Crippen LogP) is 3.12. The van der Waals surface area contributed by atoms with Gasteiger partial charge >= 0.3 is 0 Å². The van der Waals surface area contributed by atoms with Crippen LogP contribution in [0.3, 0.4) is 0 Å². The highest BCUT2D eigenvalue weighted by atomic mass is 32.2. The summed E-state index contributed by atoms with van der Waals surface area (Å²) in [7, 11) is -1.62. The van der Waals surface area contributed by atoms with Crippen LogP contribution >= 0.6 is 0 Å². The molecule has 25 heavy (non-hydrogen) atoms. The van der Waals surface area contributed by atoms with E-state index in [1.807, 2.05) is 26.1 Å². The van der Waals surface area contributed by atoms with Crippen LogP contribution in [0.15, 0.2) is 47.4 Å². The average Bonchev–Trinajstić information content (AvgIpc) is 2.58. The monoisotopic (exact) mass is 362 g/mol. The van der Waals surface area contributed by atoms with Crippen molar-refractivity contribution in [2.45, 2.75) is 24.8 Å². The van der Waals surface area contributed by atoms with Crippen LogP contribution in [0, 0.1) is 19.7 Å². The Morgan fingerprint density at radius 1 is 1.04 bits per heavy atom. The maximum atomic E-state index is 13.5. The zero-order chi connectivity index (χ0) is 18.2. The van der Waals surface area contributed by atoms with Gasteiger partial charge in [-0.1, -0.05) is 29.8 Å². The number of aryl methyl sites for hydroxylation is 2. The molecule has 0 saturated carbocycles. The van der Waals surface area contributed by atoms with Gasteiger partial charge in [-0.2, -0.15) is 4.31 Å². The van der Waals surface area contributed by atoms with Gasteiger partial charge in [-0.3, -0.25) is 4.90 Å². The average molecular weight is 362 g/mol. The van der Waals surface area contributed by atoms with Crippen LogP contribution in [0.25, 0.3) is 0 Å². The SMILES string of the molecule is Cc1ccc([C@@H]2CN(S(=O)(=O)c3ccc(F)c(C)c3)CCN2C)cc1. The molecule has 0 radical (unpaired) electrons. The maximum Gasteiger partial charge on any atom is 0.243 e. The Labute approximate surface area is 148 Å². The largest absolute Gasteiger partial charge is 0.297 e. The van der Waals surface area contributed by atoms with E-state index < -0.39 is 15.8 Å². The number of sulfonamides is 1. The summed E-state index contributed by atoms with van der Waals surface area (Å²) in [6, 6.07) is 12.2. The molecule has 1 atom stereocenters. The van der Waals surface area contributed by atoms with Crippen molar-refractivity contribution in [1.29, 1.82) is 0 Å². The van der Waals surface area contributed by atoms with Gasteiger partial charge in [0.2, 0.25) is 10.0 Å². The second-order valence-corrected chi connectivity index (χ2v) is 8.62. The Balaban J connectivity index is 1.89. The molecule has 2 aromatic carbocycles. The van der Waals surface area contributed by atoms with E-state index >= 15 is 0 Å². The Hall–Kier alpha value is -1.76. The van der Waals surface area contributed by atoms with Gasteiger partial charge in [0.15, 0.2) is 0 Å². The summed E-state index contributed by atoms with van der Waals surface area (Å²) in [4.78, 5) is 2.32. The van der Waals surface area contributed by atoms with Crippen molar-refractivity contribution in [3.63, 3.8) is 0 Å². The van der Waals surface area contributed by atoms with Gasteiger partial charge in [-0.25, -0.2) is 12.8 Å². The molecule has 1 saturated heterocycles. The first-order valence-corrected chi connectivity index (χ1v) is 9.76. The summed E-state index contributed by atoms with van der Waals surface area (Å²) in [5.41, 5.74) is 2.61. The highest BCUT2D eigenvalue weighted by Crippen LogP contribution is 2.28. The van der Waals surface area contributed by atoms with Crippen LogP contribution in [0.1, 0.15) is 22.7 Å². The summed E-state index contributed by atoms with van der Waals surface area (Å²) >= 11 is 0.